The normalized spacial score (nSPS) is 11.0. The number of hydrogen-bond acceptors (Lipinski definition) is 2. The van der Waals surface area contributed by atoms with Gasteiger partial charge in [0.2, 0.25) is 0 Å². The summed E-state index contributed by atoms with van der Waals surface area (Å²) in [5.74, 6) is 0. The van der Waals surface area contributed by atoms with Gasteiger partial charge in [0.1, 0.15) is 0 Å². The molecule has 0 aliphatic rings. The molecular formula is C19H30IN3O. The molecule has 2 aromatic rings. The molecule has 0 radical (unpaired) electrons. The molecule has 2 N–H and O–H groups in total. The highest BCUT2D eigenvalue weighted by Gasteiger charge is 2.11. The number of quaternary nitrogens is 1. The molecule has 1 heterocycles. The second kappa shape index (κ2) is 11.6. The van der Waals surface area contributed by atoms with Crippen molar-refractivity contribution in [1.29, 1.82) is 0 Å². The molecule has 1 aromatic heterocycles. The molecule has 0 unspecified atom stereocenters. The summed E-state index contributed by atoms with van der Waals surface area (Å²) in [4.78, 5) is 16.8. The first kappa shape index (κ1) is 21.1. The van der Waals surface area contributed by atoms with Gasteiger partial charge in [-0.15, -0.1) is 0 Å². The summed E-state index contributed by atoms with van der Waals surface area (Å²) in [6.45, 7) is 6.16. The van der Waals surface area contributed by atoms with Gasteiger partial charge in [-0.25, -0.2) is 4.98 Å². The van der Waals surface area contributed by atoms with Gasteiger partial charge in [-0.1, -0.05) is 38.8 Å². The maximum absolute atomic E-state index is 12.5. The fraction of sp³-hybridized carbons (Fsp3) is 0.579. The summed E-state index contributed by atoms with van der Waals surface area (Å²) in [5.41, 5.74) is 0.851. The molecule has 0 aliphatic heterocycles. The molecule has 134 valence electrons. The quantitative estimate of drug-likeness (QED) is 0.514. The van der Waals surface area contributed by atoms with Crippen molar-refractivity contribution in [2.75, 3.05) is 6.54 Å². The number of fused-ring (bicyclic) bond motifs is 1. The Bertz CT molecular complexity index is 648. The largest absolute Gasteiger partial charge is 1.00 e. The maximum Gasteiger partial charge on any atom is 0.261 e. The van der Waals surface area contributed by atoms with Crippen LogP contribution in [0.15, 0.2) is 35.4 Å². The molecule has 0 saturated heterocycles. The van der Waals surface area contributed by atoms with Crippen molar-refractivity contribution in [2.45, 2.75) is 65.0 Å². The monoisotopic (exact) mass is 443 g/mol. The zero-order chi connectivity index (χ0) is 16.5. The van der Waals surface area contributed by atoms with E-state index >= 15 is 0 Å². The van der Waals surface area contributed by atoms with Crippen LogP contribution in [0.2, 0.25) is 0 Å². The minimum Gasteiger partial charge on any atom is -1.00 e. The van der Waals surface area contributed by atoms with Gasteiger partial charge >= 0.3 is 0 Å². The minimum atomic E-state index is 0. The Morgan fingerprint density at radius 2 is 1.79 bits per heavy atom. The number of benzene rings is 1. The van der Waals surface area contributed by atoms with Gasteiger partial charge in [0.05, 0.1) is 36.4 Å². The van der Waals surface area contributed by atoms with Crippen molar-refractivity contribution in [3.63, 3.8) is 0 Å². The van der Waals surface area contributed by atoms with Crippen LogP contribution in [0.4, 0.5) is 0 Å². The molecule has 0 atom stereocenters. The van der Waals surface area contributed by atoms with Gasteiger partial charge in [-0.3, -0.25) is 9.36 Å². The second-order valence-electron chi connectivity index (χ2n) is 6.33. The molecule has 24 heavy (non-hydrogen) atoms. The Hall–Kier alpha value is -0.950. The topological polar surface area (TPSA) is 51.5 Å². The fourth-order valence-corrected chi connectivity index (χ4v) is 3.03. The Labute approximate surface area is 162 Å². The van der Waals surface area contributed by atoms with E-state index in [1.807, 2.05) is 24.3 Å². The Morgan fingerprint density at radius 3 is 2.46 bits per heavy atom. The Balaban J connectivity index is 0.00000288. The van der Waals surface area contributed by atoms with Crippen LogP contribution >= 0.6 is 0 Å². The van der Waals surface area contributed by atoms with Gasteiger partial charge in [-0.2, -0.15) is 0 Å². The highest BCUT2D eigenvalue weighted by atomic mass is 127. The van der Waals surface area contributed by atoms with Gasteiger partial charge in [-0.05, 0) is 37.8 Å². The lowest BCUT2D eigenvalue weighted by molar-refractivity contribution is -0.691. The predicted molar refractivity (Wildman–Crippen MR) is 95.6 cm³/mol. The van der Waals surface area contributed by atoms with Gasteiger partial charge in [0.25, 0.3) is 5.56 Å². The van der Waals surface area contributed by atoms with Crippen LogP contribution in [0.1, 0.15) is 52.4 Å². The number of para-hydroxylation sites is 1. The van der Waals surface area contributed by atoms with Crippen molar-refractivity contribution in [3.8, 4) is 0 Å². The van der Waals surface area contributed by atoms with Crippen LogP contribution in [-0.4, -0.2) is 22.1 Å². The van der Waals surface area contributed by atoms with E-state index < -0.39 is 0 Å². The van der Waals surface area contributed by atoms with Gasteiger partial charge in [0, 0.05) is 0 Å². The number of nitrogens with zero attached hydrogens (tertiary/aromatic N) is 2. The molecule has 5 heteroatoms. The number of nitrogens with two attached hydrogens (primary N) is 1. The number of halogens is 1. The molecule has 0 aliphatic carbocycles. The summed E-state index contributed by atoms with van der Waals surface area (Å²) in [6, 6.07) is 8.25. The molecule has 0 amide bonds. The van der Waals surface area contributed by atoms with E-state index in [-0.39, 0.29) is 29.5 Å². The van der Waals surface area contributed by atoms with Crippen molar-refractivity contribution in [3.05, 3.63) is 40.9 Å². The third-order valence-corrected chi connectivity index (χ3v) is 4.46. The van der Waals surface area contributed by atoms with Crippen LogP contribution in [0.5, 0.6) is 0 Å². The van der Waals surface area contributed by atoms with Crippen molar-refractivity contribution >= 4 is 10.9 Å². The summed E-state index contributed by atoms with van der Waals surface area (Å²) in [5, 5.41) is 3.14. The van der Waals surface area contributed by atoms with Crippen LogP contribution in [-0.2, 0) is 6.54 Å². The fourth-order valence-electron chi connectivity index (χ4n) is 3.03. The third kappa shape index (κ3) is 6.16. The summed E-state index contributed by atoms with van der Waals surface area (Å²) in [6.07, 6.45) is 9.34. The zero-order valence-corrected chi connectivity index (χ0v) is 17.0. The Morgan fingerprint density at radius 1 is 1.12 bits per heavy atom. The first-order valence-electron chi connectivity index (χ1n) is 9.03. The first-order valence-corrected chi connectivity index (χ1v) is 9.03. The van der Waals surface area contributed by atoms with E-state index in [0.717, 1.165) is 18.6 Å². The van der Waals surface area contributed by atoms with Crippen LogP contribution in [0.25, 0.3) is 10.9 Å². The molecule has 0 spiro atoms. The molecule has 0 fully saturated rings. The SMILES string of the molecule is CCCCC(CCCC)[NH2+]CCn1cnc2ccccc2c1=O.[I-]. The molecule has 0 saturated carbocycles. The maximum atomic E-state index is 12.5. The summed E-state index contributed by atoms with van der Waals surface area (Å²) < 4.78 is 1.75. The number of rotatable bonds is 10. The molecular weight excluding hydrogens is 413 g/mol. The van der Waals surface area contributed by atoms with Crippen LogP contribution < -0.4 is 34.9 Å². The van der Waals surface area contributed by atoms with E-state index in [4.69, 9.17) is 0 Å². The van der Waals surface area contributed by atoms with Crippen LogP contribution in [0.3, 0.4) is 0 Å². The highest BCUT2D eigenvalue weighted by molar-refractivity contribution is 5.76. The zero-order valence-electron chi connectivity index (χ0n) is 14.9. The van der Waals surface area contributed by atoms with E-state index in [1.165, 1.54) is 38.5 Å². The second-order valence-corrected chi connectivity index (χ2v) is 6.33. The van der Waals surface area contributed by atoms with Crippen molar-refractivity contribution in [1.82, 2.24) is 9.55 Å². The summed E-state index contributed by atoms with van der Waals surface area (Å²) >= 11 is 0. The minimum absolute atomic E-state index is 0. The standard InChI is InChI=1S/C19H29N3O.HI/c1-3-5-9-16(10-6-4-2)20-13-14-22-15-21-18-12-8-7-11-17(18)19(22)23;/h7-8,11-12,15-16,20H,3-6,9-10,13-14H2,1-2H3;1H. The summed E-state index contributed by atoms with van der Waals surface area (Å²) in [7, 11) is 0. The van der Waals surface area contributed by atoms with E-state index in [9.17, 15) is 4.79 Å². The molecule has 2 rings (SSSR count). The lowest BCUT2D eigenvalue weighted by atomic mass is 10.0. The Kier molecular flexibility index (Phi) is 10.2. The highest BCUT2D eigenvalue weighted by Crippen LogP contribution is 2.06. The van der Waals surface area contributed by atoms with E-state index in [2.05, 4.69) is 24.1 Å². The molecule has 4 nitrogen and oxygen atoms in total. The van der Waals surface area contributed by atoms with E-state index in [0.29, 0.717) is 11.4 Å². The smallest absolute Gasteiger partial charge is 0.261 e. The van der Waals surface area contributed by atoms with Gasteiger partial charge in [0.15, 0.2) is 0 Å². The number of aromatic nitrogens is 2. The average molecular weight is 443 g/mol. The van der Waals surface area contributed by atoms with E-state index in [1.54, 1.807) is 10.9 Å². The van der Waals surface area contributed by atoms with Gasteiger partial charge < -0.3 is 29.3 Å². The number of hydrogen-bond donors (Lipinski definition) is 1. The van der Waals surface area contributed by atoms with Crippen LogP contribution in [0, 0.1) is 0 Å². The molecule has 1 aromatic carbocycles. The van der Waals surface area contributed by atoms with Crippen molar-refractivity contribution in [2.24, 2.45) is 0 Å². The average Bonchev–Trinajstić information content (AvgIpc) is 2.59. The molecule has 0 bridgehead atoms. The number of unbranched alkanes of at least 4 members (excludes halogenated alkanes) is 2. The third-order valence-electron chi connectivity index (χ3n) is 4.46. The van der Waals surface area contributed by atoms with Crippen molar-refractivity contribution < 1.29 is 29.3 Å². The predicted octanol–water partition coefficient (Wildman–Crippen LogP) is -0.287. The lowest BCUT2D eigenvalue weighted by Crippen LogP contribution is -3.00. The first-order chi connectivity index (χ1) is 11.3. The lowest BCUT2D eigenvalue weighted by Gasteiger charge is -2.15.